The van der Waals surface area contributed by atoms with Gasteiger partial charge in [-0.1, -0.05) is 11.6 Å². The first kappa shape index (κ1) is 13.7. The van der Waals surface area contributed by atoms with E-state index in [-0.39, 0.29) is 5.76 Å². The number of nitrogens with one attached hydrogen (secondary N) is 1. The summed E-state index contributed by atoms with van der Waals surface area (Å²) < 4.78 is 10.0. The molecule has 1 N–H and O–H groups in total. The average Bonchev–Trinajstić information content (AvgIpc) is 2.93. The van der Waals surface area contributed by atoms with Gasteiger partial charge in [0.05, 0.1) is 19.2 Å². The second kappa shape index (κ2) is 5.93. The molecule has 0 saturated heterocycles. The molecular weight excluding hydrogens is 256 g/mol. The van der Waals surface area contributed by atoms with Crippen LogP contribution in [0, 0.1) is 18.3 Å². The SMILES string of the molecule is COC(=O)c1cc(C)ccc1NCc1ccc(C#N)o1. The molecule has 0 amide bonds. The lowest BCUT2D eigenvalue weighted by molar-refractivity contribution is 0.0601. The number of methoxy groups -OCH3 is 1. The Kier molecular flexibility index (Phi) is 4.06. The number of aryl methyl sites for hydroxylation is 1. The highest BCUT2D eigenvalue weighted by atomic mass is 16.5. The molecule has 1 heterocycles. The van der Waals surface area contributed by atoms with Gasteiger partial charge in [0.1, 0.15) is 11.8 Å². The van der Waals surface area contributed by atoms with E-state index in [1.165, 1.54) is 7.11 Å². The monoisotopic (exact) mass is 270 g/mol. The van der Waals surface area contributed by atoms with Crippen LogP contribution in [0.1, 0.15) is 27.4 Å². The van der Waals surface area contributed by atoms with Gasteiger partial charge in [-0.05, 0) is 31.2 Å². The van der Waals surface area contributed by atoms with E-state index in [9.17, 15) is 4.79 Å². The number of furan rings is 1. The summed E-state index contributed by atoms with van der Waals surface area (Å²) in [5, 5.41) is 11.8. The molecule has 0 aliphatic carbocycles. The largest absolute Gasteiger partial charge is 0.465 e. The third-order valence-corrected chi connectivity index (χ3v) is 2.81. The highest BCUT2D eigenvalue weighted by molar-refractivity contribution is 5.95. The molecule has 5 nitrogen and oxygen atoms in total. The van der Waals surface area contributed by atoms with Crippen LogP contribution in [0.2, 0.25) is 0 Å². The molecule has 0 aliphatic rings. The number of anilines is 1. The van der Waals surface area contributed by atoms with Crippen LogP contribution in [-0.4, -0.2) is 13.1 Å². The van der Waals surface area contributed by atoms with Crippen LogP contribution in [0.4, 0.5) is 5.69 Å². The number of ether oxygens (including phenoxy) is 1. The van der Waals surface area contributed by atoms with Crippen molar-refractivity contribution in [3.05, 3.63) is 53.0 Å². The van der Waals surface area contributed by atoms with Crippen molar-refractivity contribution >= 4 is 11.7 Å². The van der Waals surface area contributed by atoms with Crippen molar-refractivity contribution in [2.24, 2.45) is 0 Å². The molecule has 2 aromatic rings. The number of hydrogen-bond donors (Lipinski definition) is 1. The molecule has 0 aliphatic heterocycles. The Labute approximate surface area is 116 Å². The first-order chi connectivity index (χ1) is 9.63. The lowest BCUT2D eigenvalue weighted by Gasteiger charge is -2.10. The number of rotatable bonds is 4. The Balaban J connectivity index is 2.17. The number of esters is 1. The maximum absolute atomic E-state index is 11.7. The van der Waals surface area contributed by atoms with Gasteiger partial charge in [-0.3, -0.25) is 0 Å². The molecule has 1 aromatic heterocycles. The summed E-state index contributed by atoms with van der Waals surface area (Å²) in [5.74, 6) is 0.491. The van der Waals surface area contributed by atoms with E-state index in [0.29, 0.717) is 23.6 Å². The number of carbonyl (C=O) groups excluding carboxylic acids is 1. The number of hydrogen-bond acceptors (Lipinski definition) is 5. The number of nitriles is 1. The minimum Gasteiger partial charge on any atom is -0.465 e. The van der Waals surface area contributed by atoms with Gasteiger partial charge in [0, 0.05) is 5.69 Å². The average molecular weight is 270 g/mol. The van der Waals surface area contributed by atoms with Crippen molar-refractivity contribution in [3.63, 3.8) is 0 Å². The molecule has 0 saturated carbocycles. The van der Waals surface area contributed by atoms with E-state index in [0.717, 1.165) is 5.56 Å². The van der Waals surface area contributed by atoms with E-state index < -0.39 is 5.97 Å². The summed E-state index contributed by atoms with van der Waals surface area (Å²) in [6, 6.07) is 10.7. The summed E-state index contributed by atoms with van der Waals surface area (Å²) in [7, 11) is 1.35. The molecule has 102 valence electrons. The smallest absolute Gasteiger partial charge is 0.339 e. The maximum atomic E-state index is 11.7. The van der Waals surface area contributed by atoms with E-state index in [1.807, 2.05) is 25.1 Å². The van der Waals surface area contributed by atoms with Gasteiger partial charge in [0.2, 0.25) is 5.76 Å². The summed E-state index contributed by atoms with van der Waals surface area (Å²) in [6.45, 7) is 2.29. The van der Waals surface area contributed by atoms with Crippen molar-refractivity contribution < 1.29 is 13.9 Å². The molecule has 0 radical (unpaired) electrons. The Morgan fingerprint density at radius 2 is 2.20 bits per heavy atom. The van der Waals surface area contributed by atoms with Crippen molar-refractivity contribution in [1.29, 1.82) is 5.26 Å². The van der Waals surface area contributed by atoms with Crippen LogP contribution >= 0.6 is 0 Å². The summed E-state index contributed by atoms with van der Waals surface area (Å²) in [5.41, 5.74) is 2.11. The van der Waals surface area contributed by atoms with E-state index in [2.05, 4.69) is 5.32 Å². The molecule has 0 bridgehead atoms. The minimum absolute atomic E-state index is 0.263. The van der Waals surface area contributed by atoms with Crippen LogP contribution in [0.15, 0.2) is 34.7 Å². The highest BCUT2D eigenvalue weighted by Crippen LogP contribution is 2.19. The summed E-state index contributed by atoms with van der Waals surface area (Å²) in [4.78, 5) is 11.7. The first-order valence-corrected chi connectivity index (χ1v) is 6.05. The van der Waals surface area contributed by atoms with Gasteiger partial charge in [-0.2, -0.15) is 5.26 Å². The van der Waals surface area contributed by atoms with Crippen LogP contribution in [0.25, 0.3) is 0 Å². The van der Waals surface area contributed by atoms with Gasteiger partial charge >= 0.3 is 5.97 Å². The first-order valence-electron chi connectivity index (χ1n) is 6.05. The molecule has 0 spiro atoms. The maximum Gasteiger partial charge on any atom is 0.339 e. The van der Waals surface area contributed by atoms with Crippen LogP contribution in [-0.2, 0) is 11.3 Å². The summed E-state index contributed by atoms with van der Waals surface area (Å²) in [6.07, 6.45) is 0. The normalized spacial score (nSPS) is 9.85. The second-order valence-corrected chi connectivity index (χ2v) is 4.27. The Morgan fingerprint density at radius 1 is 1.40 bits per heavy atom. The zero-order valence-electron chi connectivity index (χ0n) is 11.3. The molecule has 0 atom stereocenters. The van der Waals surface area contributed by atoms with Gasteiger partial charge in [-0.25, -0.2) is 4.79 Å². The van der Waals surface area contributed by atoms with E-state index in [1.54, 1.807) is 18.2 Å². The molecule has 1 aromatic carbocycles. The molecule has 0 fully saturated rings. The molecule has 0 unspecified atom stereocenters. The fraction of sp³-hybridized carbons (Fsp3) is 0.200. The van der Waals surface area contributed by atoms with Gasteiger partial charge < -0.3 is 14.5 Å². The zero-order valence-corrected chi connectivity index (χ0v) is 11.3. The lowest BCUT2D eigenvalue weighted by Crippen LogP contribution is -2.08. The quantitative estimate of drug-likeness (QED) is 0.864. The van der Waals surface area contributed by atoms with Crippen LogP contribution in [0.5, 0.6) is 0 Å². The minimum atomic E-state index is -0.395. The van der Waals surface area contributed by atoms with Crippen molar-refractivity contribution in [2.45, 2.75) is 13.5 Å². The third kappa shape index (κ3) is 2.98. The topological polar surface area (TPSA) is 75.3 Å². The highest BCUT2D eigenvalue weighted by Gasteiger charge is 2.12. The van der Waals surface area contributed by atoms with Crippen molar-refractivity contribution in [2.75, 3.05) is 12.4 Å². The molecular formula is C15H14N2O3. The molecule has 20 heavy (non-hydrogen) atoms. The Morgan fingerprint density at radius 3 is 2.85 bits per heavy atom. The Hall–Kier alpha value is -2.74. The standard InChI is InChI=1S/C15H14N2O3/c1-10-3-6-14(13(7-10)15(18)19-2)17-9-12-5-4-11(8-16)20-12/h3-7,17H,9H2,1-2H3. The number of benzene rings is 1. The van der Waals surface area contributed by atoms with Gasteiger partial charge in [0.15, 0.2) is 0 Å². The van der Waals surface area contributed by atoms with Crippen LogP contribution < -0.4 is 5.32 Å². The fourth-order valence-electron chi connectivity index (χ4n) is 1.81. The van der Waals surface area contributed by atoms with Crippen molar-refractivity contribution in [1.82, 2.24) is 0 Å². The second-order valence-electron chi connectivity index (χ2n) is 4.27. The van der Waals surface area contributed by atoms with Gasteiger partial charge in [0.25, 0.3) is 0 Å². The lowest BCUT2D eigenvalue weighted by atomic mass is 10.1. The number of carbonyl (C=O) groups is 1. The predicted molar refractivity (Wildman–Crippen MR) is 73.3 cm³/mol. The third-order valence-electron chi connectivity index (χ3n) is 2.81. The zero-order chi connectivity index (χ0) is 14.5. The molecule has 5 heteroatoms. The Bertz CT molecular complexity index is 668. The van der Waals surface area contributed by atoms with E-state index >= 15 is 0 Å². The van der Waals surface area contributed by atoms with Crippen LogP contribution in [0.3, 0.4) is 0 Å². The fourth-order valence-corrected chi connectivity index (χ4v) is 1.81. The van der Waals surface area contributed by atoms with Gasteiger partial charge in [-0.15, -0.1) is 0 Å². The molecule has 2 rings (SSSR count). The predicted octanol–water partition coefficient (Wildman–Crippen LogP) is 2.86. The van der Waals surface area contributed by atoms with E-state index in [4.69, 9.17) is 14.4 Å². The van der Waals surface area contributed by atoms with Crippen molar-refractivity contribution in [3.8, 4) is 6.07 Å². The summed E-state index contributed by atoms with van der Waals surface area (Å²) >= 11 is 0. The number of nitrogens with zero attached hydrogens (tertiary/aromatic N) is 1.